The summed E-state index contributed by atoms with van der Waals surface area (Å²) in [4.78, 5) is 15.6. The van der Waals surface area contributed by atoms with Crippen molar-refractivity contribution in [1.29, 1.82) is 0 Å². The van der Waals surface area contributed by atoms with Gasteiger partial charge in [-0.05, 0) is 0 Å². The van der Waals surface area contributed by atoms with Gasteiger partial charge in [-0.15, -0.1) is 0 Å². The van der Waals surface area contributed by atoms with Crippen LogP contribution in [0.3, 0.4) is 0 Å². The minimum Gasteiger partial charge on any atom is -0.406 e. The molecule has 0 spiro atoms. The molecule has 0 radical (unpaired) electrons. The Bertz CT molecular complexity index is 373. The highest BCUT2D eigenvalue weighted by Gasteiger charge is 2.01. The lowest BCUT2D eigenvalue weighted by atomic mass is 10.6. The molecule has 0 bridgehead atoms. The zero-order valence-corrected chi connectivity index (χ0v) is 4.97. The third-order valence-corrected chi connectivity index (χ3v) is 1.23. The van der Waals surface area contributed by atoms with Crippen molar-refractivity contribution in [2.75, 3.05) is 5.73 Å². The van der Waals surface area contributed by atoms with Gasteiger partial charge in [0.2, 0.25) is 0 Å². The summed E-state index contributed by atoms with van der Waals surface area (Å²) in [5, 5.41) is 0. The van der Waals surface area contributed by atoms with E-state index in [0.717, 1.165) is 0 Å². The third kappa shape index (κ3) is 0.540. The Labute approximate surface area is 54.8 Å². The molecule has 0 fully saturated rings. The van der Waals surface area contributed by atoms with Crippen molar-refractivity contribution in [3.63, 3.8) is 0 Å². The van der Waals surface area contributed by atoms with E-state index in [0.29, 0.717) is 17.0 Å². The van der Waals surface area contributed by atoms with Crippen LogP contribution in [0.5, 0.6) is 0 Å². The molecule has 2 heterocycles. The standard InChI is InChI=1S/C5H5N3O2/c6-3-1-2-4(7-3)8-5(9)10-2/h1,7H,6H2,(H,8,9). The number of nitrogens with one attached hydrogen (secondary N) is 2. The van der Waals surface area contributed by atoms with Gasteiger partial charge >= 0.3 is 5.76 Å². The van der Waals surface area contributed by atoms with Crippen molar-refractivity contribution >= 4 is 17.0 Å². The number of nitrogens with two attached hydrogens (primary N) is 1. The first kappa shape index (κ1) is 5.16. The van der Waals surface area contributed by atoms with E-state index in [-0.39, 0.29) is 0 Å². The largest absolute Gasteiger partial charge is 0.418 e. The van der Waals surface area contributed by atoms with Gasteiger partial charge in [0.1, 0.15) is 5.82 Å². The smallest absolute Gasteiger partial charge is 0.406 e. The van der Waals surface area contributed by atoms with E-state index in [1.807, 2.05) is 0 Å². The van der Waals surface area contributed by atoms with Gasteiger partial charge in [-0.2, -0.15) is 0 Å². The van der Waals surface area contributed by atoms with Crippen LogP contribution in [0.1, 0.15) is 0 Å². The molecule has 2 aromatic heterocycles. The van der Waals surface area contributed by atoms with Crippen molar-refractivity contribution in [1.82, 2.24) is 9.97 Å². The Balaban J connectivity index is 2.95. The number of oxazole rings is 1. The molecule has 0 saturated heterocycles. The molecular weight excluding hydrogens is 134 g/mol. The van der Waals surface area contributed by atoms with E-state index < -0.39 is 5.76 Å². The normalized spacial score (nSPS) is 10.8. The molecule has 0 amide bonds. The van der Waals surface area contributed by atoms with Gasteiger partial charge in [0.15, 0.2) is 11.2 Å². The zero-order chi connectivity index (χ0) is 7.14. The van der Waals surface area contributed by atoms with E-state index >= 15 is 0 Å². The summed E-state index contributed by atoms with van der Waals surface area (Å²) in [6.07, 6.45) is 0. The highest BCUT2D eigenvalue weighted by molar-refractivity contribution is 5.73. The van der Waals surface area contributed by atoms with Crippen molar-refractivity contribution < 1.29 is 4.42 Å². The number of anilines is 1. The molecule has 0 atom stereocenters. The van der Waals surface area contributed by atoms with Gasteiger partial charge in [0.25, 0.3) is 0 Å². The predicted octanol–water partition coefficient (Wildman–Crippen LogP) is 0.0314. The van der Waals surface area contributed by atoms with Gasteiger partial charge in [-0.1, -0.05) is 0 Å². The molecule has 5 nitrogen and oxygen atoms in total. The summed E-state index contributed by atoms with van der Waals surface area (Å²) < 4.78 is 4.67. The minimum absolute atomic E-state index is 0.461. The van der Waals surface area contributed by atoms with E-state index in [1.54, 1.807) is 6.07 Å². The molecule has 0 aliphatic rings. The van der Waals surface area contributed by atoms with E-state index in [4.69, 9.17) is 5.73 Å². The van der Waals surface area contributed by atoms with Crippen LogP contribution in [0, 0.1) is 0 Å². The number of rotatable bonds is 0. The number of nitrogen functional groups attached to an aromatic ring is 1. The molecule has 52 valence electrons. The van der Waals surface area contributed by atoms with Crippen LogP contribution in [-0.4, -0.2) is 9.97 Å². The predicted molar refractivity (Wildman–Crippen MR) is 35.6 cm³/mol. The molecule has 0 aliphatic carbocycles. The first-order valence-electron chi connectivity index (χ1n) is 2.73. The average molecular weight is 139 g/mol. The summed E-state index contributed by atoms with van der Waals surface area (Å²) in [6.45, 7) is 0. The number of aromatic nitrogens is 2. The molecule has 2 rings (SSSR count). The van der Waals surface area contributed by atoms with Crippen LogP contribution in [0.25, 0.3) is 11.2 Å². The molecule has 0 unspecified atom stereocenters. The highest BCUT2D eigenvalue weighted by Crippen LogP contribution is 2.11. The SMILES string of the molecule is Nc1cc2oc(=O)[nH]c2[nH]1. The lowest BCUT2D eigenvalue weighted by Crippen LogP contribution is -1.94. The second kappa shape index (κ2) is 1.44. The molecule has 5 heteroatoms. The van der Waals surface area contributed by atoms with E-state index in [9.17, 15) is 4.79 Å². The molecule has 2 aromatic rings. The Kier molecular flexibility index (Phi) is 0.743. The number of H-pyrrole nitrogens is 2. The first-order valence-corrected chi connectivity index (χ1v) is 2.73. The van der Waals surface area contributed by atoms with Crippen LogP contribution in [0.4, 0.5) is 5.82 Å². The minimum atomic E-state index is -0.471. The van der Waals surface area contributed by atoms with Crippen molar-refractivity contribution in [3.8, 4) is 0 Å². The number of hydrogen-bond donors (Lipinski definition) is 3. The van der Waals surface area contributed by atoms with E-state index in [1.165, 1.54) is 0 Å². The number of fused-ring (bicyclic) bond motifs is 1. The lowest BCUT2D eigenvalue weighted by molar-refractivity contribution is 0.555. The Morgan fingerprint density at radius 1 is 1.50 bits per heavy atom. The molecular formula is C5H5N3O2. The van der Waals surface area contributed by atoms with Crippen LogP contribution in [0.15, 0.2) is 15.3 Å². The monoisotopic (exact) mass is 139 g/mol. The first-order chi connectivity index (χ1) is 4.75. The summed E-state index contributed by atoms with van der Waals surface area (Å²) in [5.41, 5.74) is 6.34. The van der Waals surface area contributed by atoms with Crippen LogP contribution in [0.2, 0.25) is 0 Å². The summed E-state index contributed by atoms with van der Waals surface area (Å²) in [6, 6.07) is 1.55. The molecule has 0 saturated carbocycles. The fourth-order valence-corrected chi connectivity index (χ4v) is 0.856. The van der Waals surface area contributed by atoms with Crippen molar-refractivity contribution in [2.24, 2.45) is 0 Å². The maximum Gasteiger partial charge on any atom is 0.418 e. The Morgan fingerprint density at radius 2 is 2.30 bits per heavy atom. The second-order valence-corrected chi connectivity index (χ2v) is 1.98. The summed E-state index contributed by atoms with van der Waals surface area (Å²) >= 11 is 0. The second-order valence-electron chi connectivity index (χ2n) is 1.98. The maximum atomic E-state index is 10.5. The lowest BCUT2D eigenvalue weighted by Gasteiger charge is -1.75. The zero-order valence-electron chi connectivity index (χ0n) is 4.97. The van der Waals surface area contributed by atoms with Gasteiger partial charge in [-0.25, -0.2) is 4.79 Å². The van der Waals surface area contributed by atoms with Crippen LogP contribution in [-0.2, 0) is 0 Å². The van der Waals surface area contributed by atoms with Gasteiger partial charge in [0.05, 0.1) is 0 Å². The third-order valence-electron chi connectivity index (χ3n) is 1.23. The fourth-order valence-electron chi connectivity index (χ4n) is 0.856. The molecule has 0 aromatic carbocycles. The van der Waals surface area contributed by atoms with Crippen LogP contribution >= 0.6 is 0 Å². The number of hydrogen-bond acceptors (Lipinski definition) is 3. The van der Waals surface area contributed by atoms with Gasteiger partial charge in [-0.3, -0.25) is 4.98 Å². The van der Waals surface area contributed by atoms with Crippen molar-refractivity contribution in [3.05, 3.63) is 16.6 Å². The molecule has 10 heavy (non-hydrogen) atoms. The number of aromatic amines is 2. The molecule has 0 aliphatic heterocycles. The fraction of sp³-hybridized carbons (Fsp3) is 0. The Morgan fingerprint density at radius 3 is 3.00 bits per heavy atom. The highest BCUT2D eigenvalue weighted by atomic mass is 16.4. The molecule has 4 N–H and O–H groups in total. The van der Waals surface area contributed by atoms with Gasteiger partial charge < -0.3 is 15.1 Å². The van der Waals surface area contributed by atoms with E-state index in [2.05, 4.69) is 14.4 Å². The summed E-state index contributed by atoms with van der Waals surface area (Å²) in [7, 11) is 0. The topological polar surface area (TPSA) is 87.8 Å². The summed E-state index contributed by atoms with van der Waals surface area (Å²) in [5.74, 6) is 0.00579. The van der Waals surface area contributed by atoms with Crippen molar-refractivity contribution in [2.45, 2.75) is 0 Å². The maximum absolute atomic E-state index is 10.5. The quantitative estimate of drug-likeness (QED) is 0.481. The van der Waals surface area contributed by atoms with Gasteiger partial charge in [0, 0.05) is 6.07 Å². The van der Waals surface area contributed by atoms with Crippen LogP contribution < -0.4 is 11.5 Å². The Hall–Kier alpha value is -1.65. The average Bonchev–Trinajstić information content (AvgIpc) is 2.21.